The van der Waals surface area contributed by atoms with Gasteiger partial charge in [0.1, 0.15) is 11.0 Å². The molecule has 0 aliphatic heterocycles. The Balaban J connectivity index is 1.50. The highest BCUT2D eigenvalue weighted by Gasteiger charge is 2.13. The van der Waals surface area contributed by atoms with E-state index < -0.39 is 0 Å². The molecule has 0 saturated carbocycles. The molecule has 0 fully saturated rings. The van der Waals surface area contributed by atoms with Gasteiger partial charge in [0.15, 0.2) is 0 Å². The van der Waals surface area contributed by atoms with Gasteiger partial charge in [0.2, 0.25) is 0 Å². The van der Waals surface area contributed by atoms with Crippen LogP contribution in [0.4, 0.5) is 0 Å². The number of aromatic nitrogens is 2. The van der Waals surface area contributed by atoms with Gasteiger partial charge in [-0.3, -0.25) is 0 Å². The van der Waals surface area contributed by atoms with Gasteiger partial charge in [-0.1, -0.05) is 87.4 Å². The fourth-order valence-electron chi connectivity index (χ4n) is 3.77. The van der Waals surface area contributed by atoms with Gasteiger partial charge in [0.25, 0.3) is 0 Å². The van der Waals surface area contributed by atoms with Crippen molar-refractivity contribution in [2.24, 2.45) is 0 Å². The molecule has 0 bridgehead atoms. The maximum atomic E-state index is 5.74. The average molecular weight is 461 g/mol. The number of unbranched alkanes of at least 4 members (excludes halogenated alkanes) is 2. The summed E-state index contributed by atoms with van der Waals surface area (Å²) in [5.41, 5.74) is 8.82. The number of fused-ring (bicyclic) bond motifs is 1. The molecule has 33 heavy (non-hydrogen) atoms. The molecule has 1 aromatic heterocycles. The number of hydrogen-bond donors (Lipinski definition) is 0. The lowest BCUT2D eigenvalue weighted by Gasteiger charge is -2.09. The quantitative estimate of drug-likeness (QED) is 0.204. The molecule has 4 aromatic rings. The molecule has 0 spiro atoms. The first-order chi connectivity index (χ1) is 16.3. The van der Waals surface area contributed by atoms with Crippen molar-refractivity contribution < 1.29 is 9.47 Å². The van der Waals surface area contributed by atoms with E-state index >= 15 is 0 Å². The fraction of sp³-hybridized carbons (Fsp3) is 0.357. The molecular weight excluding hydrogens is 428 g/mol. The van der Waals surface area contributed by atoms with Crippen LogP contribution in [-0.4, -0.2) is 22.0 Å². The maximum absolute atomic E-state index is 5.74. The van der Waals surface area contributed by atoms with Crippen LogP contribution >= 0.6 is 11.7 Å². The minimum atomic E-state index is 0.659. The molecule has 0 atom stereocenters. The Morgan fingerprint density at radius 1 is 0.606 bits per heavy atom. The van der Waals surface area contributed by atoms with Gasteiger partial charge < -0.3 is 9.47 Å². The molecule has 0 amide bonds. The van der Waals surface area contributed by atoms with Crippen LogP contribution in [0.5, 0.6) is 0 Å². The maximum Gasteiger partial charge on any atom is 0.113 e. The molecule has 5 heteroatoms. The number of hydrogen-bond acceptors (Lipinski definition) is 5. The largest absolute Gasteiger partial charge is 0.377 e. The van der Waals surface area contributed by atoms with Crippen molar-refractivity contribution in [2.75, 3.05) is 13.2 Å². The Bertz CT molecular complexity index is 1050. The Morgan fingerprint density at radius 2 is 1.03 bits per heavy atom. The summed E-state index contributed by atoms with van der Waals surface area (Å²) in [4.78, 5) is 0. The second-order valence-corrected chi connectivity index (χ2v) is 8.86. The van der Waals surface area contributed by atoms with Crippen molar-refractivity contribution in [3.63, 3.8) is 0 Å². The van der Waals surface area contributed by atoms with E-state index in [-0.39, 0.29) is 0 Å². The highest BCUT2D eigenvalue weighted by molar-refractivity contribution is 7.00. The third-order valence-corrected chi connectivity index (χ3v) is 6.30. The van der Waals surface area contributed by atoms with E-state index in [1.807, 2.05) is 0 Å². The monoisotopic (exact) mass is 460 g/mol. The summed E-state index contributed by atoms with van der Waals surface area (Å²) >= 11 is 1.27. The van der Waals surface area contributed by atoms with Crippen LogP contribution in [0.3, 0.4) is 0 Å². The first kappa shape index (κ1) is 23.6. The molecule has 3 aromatic carbocycles. The predicted octanol–water partition coefficient (Wildman–Crippen LogP) is 7.66. The molecule has 4 nitrogen and oxygen atoms in total. The Hall–Kier alpha value is -2.60. The van der Waals surface area contributed by atoms with Crippen LogP contribution in [0.2, 0.25) is 0 Å². The molecule has 0 saturated heterocycles. The van der Waals surface area contributed by atoms with E-state index in [0.717, 1.165) is 72.2 Å². The van der Waals surface area contributed by atoms with Crippen LogP contribution in [0.1, 0.15) is 50.7 Å². The lowest BCUT2D eigenvalue weighted by atomic mass is 9.97. The first-order valence-corrected chi connectivity index (χ1v) is 12.6. The van der Waals surface area contributed by atoms with E-state index in [0.29, 0.717) is 13.2 Å². The minimum absolute atomic E-state index is 0.659. The van der Waals surface area contributed by atoms with Crippen LogP contribution in [0.25, 0.3) is 33.3 Å². The summed E-state index contributed by atoms with van der Waals surface area (Å²) in [7, 11) is 0. The summed E-state index contributed by atoms with van der Waals surface area (Å²) in [6, 6.07) is 21.5. The van der Waals surface area contributed by atoms with E-state index in [1.54, 1.807) is 0 Å². The lowest BCUT2D eigenvalue weighted by Crippen LogP contribution is -1.95. The van der Waals surface area contributed by atoms with Crippen LogP contribution in [0.15, 0.2) is 60.7 Å². The molecule has 0 unspecified atom stereocenters. The second-order valence-electron chi connectivity index (χ2n) is 8.33. The van der Waals surface area contributed by atoms with Crippen molar-refractivity contribution >= 4 is 22.8 Å². The van der Waals surface area contributed by atoms with Crippen molar-refractivity contribution in [3.8, 4) is 22.3 Å². The Morgan fingerprint density at radius 3 is 1.42 bits per heavy atom. The van der Waals surface area contributed by atoms with Crippen LogP contribution < -0.4 is 0 Å². The van der Waals surface area contributed by atoms with Gasteiger partial charge in [-0.05, 0) is 35.1 Å². The minimum Gasteiger partial charge on any atom is -0.377 e. The third kappa shape index (κ3) is 6.05. The van der Waals surface area contributed by atoms with Crippen LogP contribution in [0, 0.1) is 0 Å². The van der Waals surface area contributed by atoms with Crippen LogP contribution in [-0.2, 0) is 22.7 Å². The Labute approximate surface area is 200 Å². The number of ether oxygens (including phenoxy) is 2. The lowest BCUT2D eigenvalue weighted by molar-refractivity contribution is 0.118. The highest BCUT2D eigenvalue weighted by atomic mass is 32.1. The molecule has 0 radical (unpaired) electrons. The highest BCUT2D eigenvalue weighted by Crippen LogP contribution is 2.34. The fourth-order valence-corrected chi connectivity index (χ4v) is 4.34. The molecule has 4 rings (SSSR count). The van der Waals surface area contributed by atoms with Gasteiger partial charge in [0.05, 0.1) is 24.9 Å². The predicted molar refractivity (Wildman–Crippen MR) is 137 cm³/mol. The SMILES string of the molecule is CCCCOCc1ccc(-c2ccc(-c3ccc(COCCCC)cc3)c3nsnc23)cc1. The van der Waals surface area contributed by atoms with Crippen molar-refractivity contribution in [1.82, 2.24) is 8.75 Å². The summed E-state index contributed by atoms with van der Waals surface area (Å²) in [6.45, 7) is 7.31. The second kappa shape index (κ2) is 12.0. The smallest absolute Gasteiger partial charge is 0.113 e. The average Bonchev–Trinajstić information content (AvgIpc) is 3.35. The molecule has 1 heterocycles. The third-order valence-electron chi connectivity index (χ3n) is 5.77. The molecule has 0 N–H and O–H groups in total. The van der Waals surface area contributed by atoms with Crippen molar-refractivity contribution in [1.29, 1.82) is 0 Å². The van der Waals surface area contributed by atoms with E-state index in [4.69, 9.17) is 9.47 Å². The summed E-state index contributed by atoms with van der Waals surface area (Å²) < 4.78 is 20.8. The van der Waals surface area contributed by atoms with Gasteiger partial charge >= 0.3 is 0 Å². The normalized spacial score (nSPS) is 11.3. The molecule has 0 aliphatic rings. The summed E-state index contributed by atoms with van der Waals surface area (Å²) in [5, 5.41) is 0. The summed E-state index contributed by atoms with van der Waals surface area (Å²) in [6.07, 6.45) is 4.53. The number of nitrogens with zero attached hydrogens (tertiary/aromatic N) is 2. The molecule has 0 aliphatic carbocycles. The topological polar surface area (TPSA) is 44.2 Å². The van der Waals surface area contributed by atoms with Crippen molar-refractivity contribution in [3.05, 3.63) is 71.8 Å². The van der Waals surface area contributed by atoms with Gasteiger partial charge in [-0.15, -0.1) is 0 Å². The molecular formula is C28H32N2O2S. The first-order valence-electron chi connectivity index (χ1n) is 11.9. The van der Waals surface area contributed by atoms with Gasteiger partial charge in [-0.2, -0.15) is 8.75 Å². The number of rotatable bonds is 12. The zero-order chi connectivity index (χ0) is 22.9. The van der Waals surface area contributed by atoms with E-state index in [1.165, 1.54) is 22.9 Å². The van der Waals surface area contributed by atoms with E-state index in [2.05, 4.69) is 83.3 Å². The van der Waals surface area contributed by atoms with E-state index in [9.17, 15) is 0 Å². The zero-order valence-electron chi connectivity index (χ0n) is 19.5. The Kier molecular flexibility index (Phi) is 8.59. The standard InChI is InChI=1S/C28H32N2O2S/c1-3-5-17-31-19-21-7-11-23(12-8-21)25-15-16-26(28-27(25)29-33-30-28)24-13-9-22(10-14-24)20-32-18-6-4-2/h7-16H,3-6,17-20H2,1-2H3. The zero-order valence-corrected chi connectivity index (χ0v) is 20.4. The number of benzene rings is 3. The van der Waals surface area contributed by atoms with Gasteiger partial charge in [-0.25, -0.2) is 0 Å². The molecule has 172 valence electrons. The summed E-state index contributed by atoms with van der Waals surface area (Å²) in [5.74, 6) is 0. The van der Waals surface area contributed by atoms with Gasteiger partial charge in [0, 0.05) is 24.3 Å². The van der Waals surface area contributed by atoms with Crippen molar-refractivity contribution in [2.45, 2.75) is 52.7 Å².